The van der Waals surface area contributed by atoms with Gasteiger partial charge in [-0.15, -0.1) is 0 Å². The molecule has 2 fully saturated rings. The van der Waals surface area contributed by atoms with Gasteiger partial charge in [0, 0.05) is 38.7 Å². The van der Waals surface area contributed by atoms with Gasteiger partial charge in [0.2, 0.25) is 0 Å². The summed E-state index contributed by atoms with van der Waals surface area (Å²) in [6.07, 6.45) is 5.08. The van der Waals surface area contributed by atoms with Crippen LogP contribution >= 0.6 is 0 Å². The van der Waals surface area contributed by atoms with Gasteiger partial charge in [0.25, 0.3) is 0 Å². The Balaban J connectivity index is 1.70. The van der Waals surface area contributed by atoms with E-state index in [-0.39, 0.29) is 6.10 Å². The van der Waals surface area contributed by atoms with Crippen LogP contribution < -0.4 is 5.32 Å². The number of aliphatic imine (C=N–C) groups is 1. The number of ether oxygens (including phenoxy) is 1. The third kappa shape index (κ3) is 4.29. The molecule has 0 spiro atoms. The van der Waals surface area contributed by atoms with Gasteiger partial charge in [0.05, 0.1) is 6.10 Å². The summed E-state index contributed by atoms with van der Waals surface area (Å²) in [6, 6.07) is 8.80. The van der Waals surface area contributed by atoms with Gasteiger partial charge in [-0.1, -0.05) is 29.8 Å². The second-order valence-electron chi connectivity index (χ2n) is 6.99. The molecular formula is C20H31N3O. The first-order chi connectivity index (χ1) is 11.8. The third-order valence-corrected chi connectivity index (χ3v) is 5.07. The van der Waals surface area contributed by atoms with Crippen LogP contribution in [0.2, 0.25) is 0 Å². The maximum Gasteiger partial charge on any atom is 0.193 e. The minimum absolute atomic E-state index is 0.185. The molecule has 2 unspecified atom stereocenters. The fourth-order valence-corrected chi connectivity index (χ4v) is 3.71. The van der Waals surface area contributed by atoms with Gasteiger partial charge < -0.3 is 15.0 Å². The van der Waals surface area contributed by atoms with Crippen LogP contribution in [0.25, 0.3) is 0 Å². The van der Waals surface area contributed by atoms with E-state index in [1.54, 1.807) is 0 Å². The van der Waals surface area contributed by atoms with Crippen LogP contribution in [0.3, 0.4) is 0 Å². The quantitative estimate of drug-likeness (QED) is 0.678. The Morgan fingerprint density at radius 3 is 2.67 bits per heavy atom. The Morgan fingerprint density at radius 1 is 1.21 bits per heavy atom. The maximum absolute atomic E-state index is 6.13. The third-order valence-electron chi connectivity index (χ3n) is 5.07. The summed E-state index contributed by atoms with van der Waals surface area (Å²) in [5, 5.41) is 3.46. The lowest BCUT2D eigenvalue weighted by Gasteiger charge is -2.32. The van der Waals surface area contributed by atoms with E-state index in [4.69, 9.17) is 9.73 Å². The summed E-state index contributed by atoms with van der Waals surface area (Å²) < 4.78 is 6.13. The summed E-state index contributed by atoms with van der Waals surface area (Å²) in [7, 11) is 0. The summed E-state index contributed by atoms with van der Waals surface area (Å²) in [4.78, 5) is 7.36. The molecular weight excluding hydrogens is 298 g/mol. The lowest BCUT2D eigenvalue weighted by Crippen LogP contribution is -2.40. The monoisotopic (exact) mass is 329 g/mol. The molecule has 2 saturated heterocycles. The number of likely N-dealkylation sites (tertiary alicyclic amines) is 1. The summed E-state index contributed by atoms with van der Waals surface area (Å²) in [6.45, 7) is 9.18. The first kappa shape index (κ1) is 17.3. The topological polar surface area (TPSA) is 36.9 Å². The van der Waals surface area contributed by atoms with Crippen molar-refractivity contribution in [1.29, 1.82) is 0 Å². The van der Waals surface area contributed by atoms with Crippen molar-refractivity contribution in [3.63, 3.8) is 0 Å². The first-order valence-electron chi connectivity index (χ1n) is 9.49. The van der Waals surface area contributed by atoms with Gasteiger partial charge in [-0.25, -0.2) is 0 Å². The maximum atomic E-state index is 6.13. The van der Waals surface area contributed by atoms with Crippen molar-refractivity contribution in [1.82, 2.24) is 10.2 Å². The lowest BCUT2D eigenvalue weighted by molar-refractivity contribution is -0.0250. The summed E-state index contributed by atoms with van der Waals surface area (Å²) in [5.41, 5.74) is 2.60. The molecule has 2 aliphatic rings. The van der Waals surface area contributed by atoms with E-state index in [1.807, 2.05) is 0 Å². The zero-order valence-corrected chi connectivity index (χ0v) is 15.1. The highest BCUT2D eigenvalue weighted by atomic mass is 16.5. The highest BCUT2D eigenvalue weighted by Gasteiger charge is 2.27. The molecule has 0 radical (unpaired) electrons. The number of rotatable bonds is 4. The van der Waals surface area contributed by atoms with Crippen molar-refractivity contribution in [2.45, 2.75) is 45.6 Å². The molecule has 2 heterocycles. The molecule has 1 aromatic rings. The van der Waals surface area contributed by atoms with Crippen LogP contribution in [0.1, 0.15) is 49.8 Å². The molecule has 0 aliphatic carbocycles. The van der Waals surface area contributed by atoms with Gasteiger partial charge in [0.1, 0.15) is 0 Å². The number of nitrogens with zero attached hydrogens (tertiary/aromatic N) is 2. The van der Waals surface area contributed by atoms with E-state index in [1.165, 1.54) is 30.4 Å². The number of hydrogen-bond acceptors (Lipinski definition) is 2. The number of nitrogens with one attached hydrogen (secondary N) is 1. The number of hydrogen-bond donors (Lipinski definition) is 1. The molecule has 2 aliphatic heterocycles. The van der Waals surface area contributed by atoms with Crippen molar-refractivity contribution >= 4 is 5.96 Å². The smallest absolute Gasteiger partial charge is 0.193 e. The number of benzene rings is 1. The van der Waals surface area contributed by atoms with Crippen molar-refractivity contribution in [2.24, 2.45) is 10.9 Å². The Labute approximate surface area is 146 Å². The van der Waals surface area contributed by atoms with E-state index in [0.29, 0.717) is 5.92 Å². The highest BCUT2D eigenvalue weighted by Crippen LogP contribution is 2.34. The average Bonchev–Trinajstić information content (AvgIpc) is 3.14. The Hall–Kier alpha value is -1.55. The molecule has 4 nitrogen and oxygen atoms in total. The van der Waals surface area contributed by atoms with Crippen molar-refractivity contribution in [3.8, 4) is 0 Å². The van der Waals surface area contributed by atoms with Crippen molar-refractivity contribution < 1.29 is 4.74 Å². The fourth-order valence-electron chi connectivity index (χ4n) is 3.71. The van der Waals surface area contributed by atoms with Crippen LogP contribution in [0.4, 0.5) is 0 Å². The number of guanidine groups is 1. The number of aryl methyl sites for hydroxylation is 1. The highest BCUT2D eigenvalue weighted by molar-refractivity contribution is 5.80. The van der Waals surface area contributed by atoms with Gasteiger partial charge in [-0.3, -0.25) is 4.99 Å². The normalized spacial score (nSPS) is 25.1. The predicted molar refractivity (Wildman–Crippen MR) is 99.4 cm³/mol. The molecule has 3 rings (SSSR count). The molecule has 132 valence electrons. The van der Waals surface area contributed by atoms with Crippen LogP contribution in [-0.2, 0) is 4.74 Å². The van der Waals surface area contributed by atoms with Crippen LogP contribution in [-0.4, -0.2) is 43.6 Å². The lowest BCUT2D eigenvalue weighted by atomic mass is 9.89. The molecule has 0 aromatic heterocycles. The van der Waals surface area contributed by atoms with E-state index >= 15 is 0 Å². The van der Waals surface area contributed by atoms with E-state index in [2.05, 4.69) is 48.3 Å². The van der Waals surface area contributed by atoms with E-state index in [9.17, 15) is 0 Å². The molecule has 24 heavy (non-hydrogen) atoms. The summed E-state index contributed by atoms with van der Waals surface area (Å²) >= 11 is 0. The Bertz CT molecular complexity index is 534. The molecule has 0 saturated carbocycles. The fraction of sp³-hybridized carbons (Fsp3) is 0.650. The van der Waals surface area contributed by atoms with Gasteiger partial charge in [-0.2, -0.15) is 0 Å². The van der Waals surface area contributed by atoms with Crippen molar-refractivity contribution in [2.75, 3.05) is 32.8 Å². The average molecular weight is 329 g/mol. The van der Waals surface area contributed by atoms with Gasteiger partial charge >= 0.3 is 0 Å². The van der Waals surface area contributed by atoms with Gasteiger partial charge in [-0.05, 0) is 45.1 Å². The molecule has 0 amide bonds. The zero-order chi connectivity index (χ0) is 16.8. The SMILES string of the molecule is CCNC(=NCC1CCCOC1c1ccc(C)cc1)N1CCCC1. The van der Waals surface area contributed by atoms with Crippen LogP contribution in [0.15, 0.2) is 29.3 Å². The zero-order valence-electron chi connectivity index (χ0n) is 15.1. The minimum Gasteiger partial charge on any atom is -0.373 e. The molecule has 2 atom stereocenters. The van der Waals surface area contributed by atoms with E-state index < -0.39 is 0 Å². The molecule has 0 bridgehead atoms. The standard InChI is InChI=1S/C20H31N3O/c1-3-21-20(23-12-4-5-13-23)22-15-18-7-6-14-24-19(18)17-10-8-16(2)9-11-17/h8-11,18-19H,3-7,12-15H2,1-2H3,(H,21,22). The van der Waals surface area contributed by atoms with Crippen molar-refractivity contribution in [3.05, 3.63) is 35.4 Å². The van der Waals surface area contributed by atoms with E-state index in [0.717, 1.165) is 45.2 Å². The Morgan fingerprint density at radius 2 is 1.96 bits per heavy atom. The minimum atomic E-state index is 0.185. The predicted octanol–water partition coefficient (Wildman–Crippen LogP) is 3.52. The second kappa shape index (κ2) is 8.52. The van der Waals surface area contributed by atoms with Gasteiger partial charge in [0.15, 0.2) is 5.96 Å². The Kier molecular flexibility index (Phi) is 6.13. The second-order valence-corrected chi connectivity index (χ2v) is 6.99. The largest absolute Gasteiger partial charge is 0.373 e. The summed E-state index contributed by atoms with van der Waals surface area (Å²) in [5.74, 6) is 1.56. The first-order valence-corrected chi connectivity index (χ1v) is 9.49. The molecule has 1 N–H and O–H groups in total. The molecule has 1 aromatic carbocycles. The van der Waals surface area contributed by atoms with Crippen LogP contribution in [0.5, 0.6) is 0 Å². The molecule has 4 heteroatoms. The van der Waals surface area contributed by atoms with Crippen LogP contribution in [0, 0.1) is 12.8 Å².